The van der Waals surface area contributed by atoms with Gasteiger partial charge in [0.2, 0.25) is 0 Å². The Balaban J connectivity index is 1.98. The van der Waals surface area contributed by atoms with Crippen LogP contribution in [-0.4, -0.2) is 32.7 Å². The largest absolute Gasteiger partial charge is 0.451 e. The first-order chi connectivity index (χ1) is 12.2. The van der Waals surface area contributed by atoms with Crippen LogP contribution in [0.5, 0.6) is 0 Å². The van der Waals surface area contributed by atoms with E-state index in [1.807, 2.05) is 13.0 Å². The first-order valence-electron chi connectivity index (χ1n) is 7.94. The molecule has 0 aliphatic heterocycles. The number of nitro groups is 1. The van der Waals surface area contributed by atoms with Gasteiger partial charge >= 0.3 is 11.7 Å². The van der Waals surface area contributed by atoms with E-state index in [2.05, 4.69) is 10.4 Å². The van der Waals surface area contributed by atoms with Gasteiger partial charge < -0.3 is 10.1 Å². The van der Waals surface area contributed by atoms with Crippen molar-refractivity contribution in [2.24, 2.45) is 0 Å². The molecular formula is C17H20N4O5. The van der Waals surface area contributed by atoms with Crippen LogP contribution in [0.4, 0.5) is 11.4 Å². The van der Waals surface area contributed by atoms with Crippen LogP contribution in [0.25, 0.3) is 0 Å². The summed E-state index contributed by atoms with van der Waals surface area (Å²) in [6.45, 7) is 6.02. The molecule has 0 bridgehead atoms. The van der Waals surface area contributed by atoms with Gasteiger partial charge in [-0.15, -0.1) is 0 Å². The van der Waals surface area contributed by atoms with Gasteiger partial charge in [0.25, 0.3) is 5.91 Å². The van der Waals surface area contributed by atoms with Gasteiger partial charge in [-0.3, -0.25) is 24.4 Å². The maximum atomic E-state index is 12.1. The third-order valence-electron chi connectivity index (χ3n) is 3.77. The predicted octanol–water partition coefficient (Wildman–Crippen LogP) is 2.29. The zero-order valence-electron chi connectivity index (χ0n) is 15.0. The lowest BCUT2D eigenvalue weighted by Crippen LogP contribution is -2.31. The molecule has 0 radical (unpaired) electrons. The van der Waals surface area contributed by atoms with Crippen molar-refractivity contribution in [3.63, 3.8) is 0 Å². The number of aromatic nitrogens is 2. The Hall–Kier alpha value is -3.23. The molecule has 2 aromatic rings. The summed E-state index contributed by atoms with van der Waals surface area (Å²) in [5, 5.41) is 17.6. The van der Waals surface area contributed by atoms with Crippen LogP contribution in [0.1, 0.15) is 23.9 Å². The minimum absolute atomic E-state index is 0.136. The van der Waals surface area contributed by atoms with Crippen LogP contribution in [0.3, 0.4) is 0 Å². The SMILES string of the molecule is Cc1cccc(NC(=O)[C@@H](C)OC(=O)Cn2nc(C)c([N+](=O)[O-])c2C)c1. The molecule has 0 fully saturated rings. The molecule has 9 heteroatoms. The number of hydrogen-bond donors (Lipinski definition) is 1. The predicted molar refractivity (Wildman–Crippen MR) is 93.7 cm³/mol. The minimum Gasteiger partial charge on any atom is -0.451 e. The van der Waals surface area contributed by atoms with Crippen molar-refractivity contribution < 1.29 is 19.2 Å². The Morgan fingerprint density at radius 2 is 2.04 bits per heavy atom. The molecule has 1 amide bonds. The summed E-state index contributed by atoms with van der Waals surface area (Å²) >= 11 is 0. The number of nitrogens with zero attached hydrogens (tertiary/aromatic N) is 3. The first kappa shape index (κ1) is 19.1. The van der Waals surface area contributed by atoms with E-state index in [9.17, 15) is 19.7 Å². The zero-order valence-corrected chi connectivity index (χ0v) is 15.0. The van der Waals surface area contributed by atoms with Crippen molar-refractivity contribution >= 4 is 23.3 Å². The number of rotatable bonds is 6. The molecule has 0 unspecified atom stereocenters. The van der Waals surface area contributed by atoms with Gasteiger partial charge in [0.05, 0.1) is 4.92 Å². The molecule has 0 aliphatic rings. The maximum Gasteiger partial charge on any atom is 0.328 e. The first-order valence-corrected chi connectivity index (χ1v) is 7.94. The van der Waals surface area contributed by atoms with Crippen LogP contribution < -0.4 is 5.32 Å². The van der Waals surface area contributed by atoms with E-state index in [-0.39, 0.29) is 23.6 Å². The average molecular weight is 360 g/mol. The highest BCUT2D eigenvalue weighted by Gasteiger charge is 2.24. The third-order valence-corrected chi connectivity index (χ3v) is 3.77. The summed E-state index contributed by atoms with van der Waals surface area (Å²) in [5.41, 5.74) is 1.92. The molecule has 26 heavy (non-hydrogen) atoms. The molecule has 9 nitrogen and oxygen atoms in total. The fourth-order valence-electron chi connectivity index (χ4n) is 2.48. The van der Waals surface area contributed by atoms with E-state index in [4.69, 9.17) is 4.74 Å². The van der Waals surface area contributed by atoms with Gasteiger partial charge in [0.1, 0.15) is 17.9 Å². The molecule has 138 valence electrons. The smallest absolute Gasteiger partial charge is 0.328 e. The second-order valence-corrected chi connectivity index (χ2v) is 5.93. The Bertz CT molecular complexity index is 859. The molecule has 1 heterocycles. The monoisotopic (exact) mass is 360 g/mol. The van der Waals surface area contributed by atoms with Crippen molar-refractivity contribution in [3.05, 3.63) is 51.3 Å². The Morgan fingerprint density at radius 3 is 2.62 bits per heavy atom. The number of aryl methyl sites for hydroxylation is 2. The maximum absolute atomic E-state index is 12.1. The van der Waals surface area contributed by atoms with E-state index >= 15 is 0 Å². The van der Waals surface area contributed by atoms with Crippen LogP contribution in [0.15, 0.2) is 24.3 Å². The molecule has 1 atom stereocenters. The van der Waals surface area contributed by atoms with Crippen LogP contribution in [0, 0.1) is 30.9 Å². The highest BCUT2D eigenvalue weighted by atomic mass is 16.6. The second kappa shape index (κ2) is 7.77. The number of hydrogen-bond acceptors (Lipinski definition) is 6. The number of nitrogens with one attached hydrogen (secondary N) is 1. The van der Waals surface area contributed by atoms with Crippen molar-refractivity contribution in [3.8, 4) is 0 Å². The second-order valence-electron chi connectivity index (χ2n) is 5.93. The minimum atomic E-state index is -1.02. The summed E-state index contributed by atoms with van der Waals surface area (Å²) in [5.74, 6) is -1.18. The molecule has 2 rings (SSSR count). The number of carbonyl (C=O) groups excluding carboxylic acids is 2. The van der Waals surface area contributed by atoms with Crippen LogP contribution in [0.2, 0.25) is 0 Å². The van der Waals surface area contributed by atoms with E-state index in [1.165, 1.54) is 25.5 Å². The lowest BCUT2D eigenvalue weighted by atomic mass is 10.2. The summed E-state index contributed by atoms with van der Waals surface area (Å²) in [6, 6.07) is 7.22. The molecule has 0 spiro atoms. The van der Waals surface area contributed by atoms with Crippen molar-refractivity contribution in [1.82, 2.24) is 9.78 Å². The van der Waals surface area contributed by atoms with Gasteiger partial charge in [-0.05, 0) is 45.4 Å². The molecule has 0 saturated carbocycles. The number of carbonyl (C=O) groups is 2. The fraction of sp³-hybridized carbons (Fsp3) is 0.353. The normalized spacial score (nSPS) is 11.7. The zero-order chi connectivity index (χ0) is 19.4. The van der Waals surface area contributed by atoms with E-state index in [0.29, 0.717) is 5.69 Å². The van der Waals surface area contributed by atoms with Crippen LogP contribution in [-0.2, 0) is 20.9 Å². The molecule has 0 saturated heterocycles. The Kier molecular flexibility index (Phi) is 5.71. The highest BCUT2D eigenvalue weighted by Crippen LogP contribution is 2.21. The van der Waals surface area contributed by atoms with Crippen molar-refractivity contribution in [2.45, 2.75) is 40.3 Å². The fourth-order valence-corrected chi connectivity index (χ4v) is 2.48. The number of amides is 1. The summed E-state index contributed by atoms with van der Waals surface area (Å²) in [6.07, 6.45) is -1.02. The van der Waals surface area contributed by atoms with E-state index in [1.54, 1.807) is 18.2 Å². The van der Waals surface area contributed by atoms with Crippen molar-refractivity contribution in [2.75, 3.05) is 5.32 Å². The molecule has 1 N–H and O–H groups in total. The number of esters is 1. The number of ether oxygens (including phenoxy) is 1. The third kappa shape index (κ3) is 4.44. The van der Waals surface area contributed by atoms with Crippen LogP contribution >= 0.6 is 0 Å². The molecule has 0 aliphatic carbocycles. The number of benzene rings is 1. The Labute approximate surface area is 150 Å². The summed E-state index contributed by atoms with van der Waals surface area (Å²) < 4.78 is 6.30. The van der Waals surface area contributed by atoms with Gasteiger partial charge in [0.15, 0.2) is 6.10 Å². The lowest BCUT2D eigenvalue weighted by molar-refractivity contribution is -0.386. The molecular weight excluding hydrogens is 340 g/mol. The number of anilines is 1. The average Bonchev–Trinajstić information content (AvgIpc) is 2.80. The quantitative estimate of drug-likeness (QED) is 0.480. The van der Waals surface area contributed by atoms with Gasteiger partial charge in [-0.2, -0.15) is 5.10 Å². The van der Waals surface area contributed by atoms with E-state index in [0.717, 1.165) is 5.56 Å². The standard InChI is InChI=1S/C17H20N4O5/c1-10-6-5-7-14(8-10)18-17(23)13(4)26-15(22)9-20-12(3)16(21(24)25)11(2)19-20/h5-8,13H,9H2,1-4H3,(H,18,23)/t13-/m1/s1. The van der Waals surface area contributed by atoms with Gasteiger partial charge in [-0.1, -0.05) is 12.1 Å². The lowest BCUT2D eigenvalue weighted by Gasteiger charge is -2.14. The summed E-state index contributed by atoms with van der Waals surface area (Å²) in [7, 11) is 0. The van der Waals surface area contributed by atoms with Gasteiger partial charge in [-0.25, -0.2) is 0 Å². The van der Waals surface area contributed by atoms with Gasteiger partial charge in [0, 0.05) is 5.69 Å². The van der Waals surface area contributed by atoms with E-state index < -0.39 is 22.9 Å². The molecule has 1 aromatic heterocycles. The highest BCUT2D eigenvalue weighted by molar-refractivity contribution is 5.95. The Morgan fingerprint density at radius 1 is 1.35 bits per heavy atom. The summed E-state index contributed by atoms with van der Waals surface area (Å²) in [4.78, 5) is 34.6. The topological polar surface area (TPSA) is 116 Å². The molecule has 1 aromatic carbocycles. The van der Waals surface area contributed by atoms with Crippen molar-refractivity contribution in [1.29, 1.82) is 0 Å².